The number of rotatable bonds is 5. The molecule has 8 nitrogen and oxygen atoms in total. The third-order valence-corrected chi connectivity index (χ3v) is 6.33. The Morgan fingerprint density at radius 1 is 1.03 bits per heavy atom. The summed E-state index contributed by atoms with van der Waals surface area (Å²) in [5.41, 5.74) is 0.790. The van der Waals surface area contributed by atoms with Gasteiger partial charge >= 0.3 is 17.8 Å². The number of nitrogens with zero attached hydrogens (tertiary/aromatic N) is 3. The summed E-state index contributed by atoms with van der Waals surface area (Å²) in [5.74, 6) is -1.34. The Bertz CT molecular complexity index is 804. The molecule has 1 N–H and O–H groups in total. The quantitative estimate of drug-likeness (QED) is 0.713. The lowest BCUT2D eigenvalue weighted by molar-refractivity contribution is -0.158. The van der Waals surface area contributed by atoms with Crippen LogP contribution in [0.25, 0.3) is 0 Å². The van der Waals surface area contributed by atoms with Crippen molar-refractivity contribution in [3.63, 3.8) is 0 Å². The SMILES string of the molecule is O=C(NC[C@@H]1CCCO1)N1CCC(N2CCN(Cc3ccc(F)cc3)C(=O)C2=O)CC1. The molecule has 4 amide bonds. The molecular formula is C22H29FN4O4. The molecule has 0 radical (unpaired) electrons. The number of hydrogen-bond acceptors (Lipinski definition) is 4. The molecule has 168 valence electrons. The maximum Gasteiger partial charge on any atom is 0.317 e. The molecule has 4 rings (SSSR count). The molecule has 9 heteroatoms. The van der Waals surface area contributed by atoms with Gasteiger partial charge in [0.15, 0.2) is 0 Å². The van der Waals surface area contributed by atoms with Gasteiger partial charge < -0.3 is 24.8 Å². The molecule has 0 unspecified atom stereocenters. The highest BCUT2D eigenvalue weighted by Crippen LogP contribution is 2.21. The minimum Gasteiger partial charge on any atom is -0.376 e. The van der Waals surface area contributed by atoms with E-state index in [1.165, 1.54) is 17.0 Å². The van der Waals surface area contributed by atoms with E-state index in [-0.39, 0.29) is 24.0 Å². The van der Waals surface area contributed by atoms with Gasteiger partial charge in [-0.2, -0.15) is 0 Å². The summed E-state index contributed by atoms with van der Waals surface area (Å²) in [7, 11) is 0. The Balaban J connectivity index is 1.24. The van der Waals surface area contributed by atoms with Crippen molar-refractivity contribution in [3.8, 4) is 0 Å². The number of nitrogens with one attached hydrogen (secondary N) is 1. The number of urea groups is 1. The van der Waals surface area contributed by atoms with Crippen molar-refractivity contribution >= 4 is 17.8 Å². The molecule has 3 fully saturated rings. The summed E-state index contributed by atoms with van der Waals surface area (Å²) in [6, 6.07) is 5.82. The van der Waals surface area contributed by atoms with Gasteiger partial charge in [-0.05, 0) is 43.4 Å². The van der Waals surface area contributed by atoms with Crippen molar-refractivity contribution in [2.45, 2.75) is 44.4 Å². The zero-order valence-corrected chi connectivity index (χ0v) is 17.6. The predicted molar refractivity (Wildman–Crippen MR) is 110 cm³/mol. The number of likely N-dealkylation sites (tertiary alicyclic amines) is 1. The minimum absolute atomic E-state index is 0.0355. The molecular weight excluding hydrogens is 403 g/mol. The molecule has 31 heavy (non-hydrogen) atoms. The van der Waals surface area contributed by atoms with Gasteiger partial charge in [-0.15, -0.1) is 0 Å². The van der Waals surface area contributed by atoms with Crippen molar-refractivity contribution in [1.29, 1.82) is 0 Å². The maximum absolute atomic E-state index is 13.1. The van der Waals surface area contributed by atoms with Crippen LogP contribution in [-0.4, -0.2) is 84.0 Å². The molecule has 3 saturated heterocycles. The van der Waals surface area contributed by atoms with Gasteiger partial charge in [-0.3, -0.25) is 9.59 Å². The first-order valence-corrected chi connectivity index (χ1v) is 11.0. The summed E-state index contributed by atoms with van der Waals surface area (Å²) in [4.78, 5) is 42.6. The Morgan fingerprint density at radius 2 is 1.77 bits per heavy atom. The predicted octanol–water partition coefficient (Wildman–Crippen LogP) is 1.35. The van der Waals surface area contributed by atoms with Crippen LogP contribution in [0.2, 0.25) is 0 Å². The fourth-order valence-corrected chi connectivity index (χ4v) is 4.50. The van der Waals surface area contributed by atoms with Gasteiger partial charge in [0.25, 0.3) is 0 Å². The van der Waals surface area contributed by atoms with Crippen LogP contribution >= 0.6 is 0 Å². The van der Waals surface area contributed by atoms with Crippen LogP contribution in [0, 0.1) is 5.82 Å². The molecule has 0 aromatic heterocycles. The average Bonchev–Trinajstić information content (AvgIpc) is 3.31. The van der Waals surface area contributed by atoms with E-state index in [1.54, 1.807) is 21.9 Å². The van der Waals surface area contributed by atoms with E-state index in [4.69, 9.17) is 4.74 Å². The van der Waals surface area contributed by atoms with Crippen LogP contribution in [0.4, 0.5) is 9.18 Å². The number of amides is 4. The lowest BCUT2D eigenvalue weighted by Gasteiger charge is -2.42. The second kappa shape index (κ2) is 9.64. The van der Waals surface area contributed by atoms with Crippen LogP contribution in [0.1, 0.15) is 31.2 Å². The van der Waals surface area contributed by atoms with Crippen LogP contribution in [0.5, 0.6) is 0 Å². The number of carbonyl (C=O) groups is 3. The van der Waals surface area contributed by atoms with Gasteiger partial charge in [0.2, 0.25) is 0 Å². The third-order valence-electron chi connectivity index (χ3n) is 6.33. The topological polar surface area (TPSA) is 82.2 Å². The van der Waals surface area contributed by atoms with E-state index in [1.807, 2.05) is 0 Å². The minimum atomic E-state index is -0.521. The molecule has 1 aromatic rings. The number of carbonyl (C=O) groups excluding carboxylic acids is 3. The summed E-state index contributed by atoms with van der Waals surface area (Å²) < 4.78 is 18.6. The van der Waals surface area contributed by atoms with Crippen LogP contribution < -0.4 is 5.32 Å². The second-order valence-corrected chi connectivity index (χ2v) is 8.39. The van der Waals surface area contributed by atoms with Gasteiger partial charge in [-0.25, -0.2) is 9.18 Å². The molecule has 0 spiro atoms. The normalized spacial score (nSPS) is 22.9. The maximum atomic E-state index is 13.1. The van der Waals surface area contributed by atoms with Crippen LogP contribution in [-0.2, 0) is 20.9 Å². The zero-order valence-electron chi connectivity index (χ0n) is 17.6. The highest BCUT2D eigenvalue weighted by atomic mass is 19.1. The van der Waals surface area contributed by atoms with E-state index in [9.17, 15) is 18.8 Å². The van der Waals surface area contributed by atoms with Gasteiger partial charge in [-0.1, -0.05) is 12.1 Å². The lowest BCUT2D eigenvalue weighted by Crippen LogP contribution is -2.59. The van der Waals surface area contributed by atoms with Crippen LogP contribution in [0.15, 0.2) is 24.3 Å². The monoisotopic (exact) mass is 432 g/mol. The van der Waals surface area contributed by atoms with Crippen LogP contribution in [0.3, 0.4) is 0 Å². The average molecular weight is 432 g/mol. The van der Waals surface area contributed by atoms with E-state index >= 15 is 0 Å². The van der Waals surface area contributed by atoms with E-state index in [0.717, 1.165) is 25.0 Å². The first-order chi connectivity index (χ1) is 15.0. The van der Waals surface area contributed by atoms with Gasteiger partial charge in [0.05, 0.1) is 6.10 Å². The Kier molecular flexibility index (Phi) is 6.70. The Morgan fingerprint density at radius 3 is 2.45 bits per heavy atom. The molecule has 1 aromatic carbocycles. The summed E-state index contributed by atoms with van der Waals surface area (Å²) in [5, 5.41) is 2.93. The zero-order chi connectivity index (χ0) is 21.8. The van der Waals surface area contributed by atoms with Crippen molar-refractivity contribution in [1.82, 2.24) is 20.0 Å². The van der Waals surface area contributed by atoms with Gasteiger partial charge in [0, 0.05) is 51.9 Å². The molecule has 0 saturated carbocycles. The Hall–Kier alpha value is -2.68. The van der Waals surface area contributed by atoms with E-state index in [0.29, 0.717) is 52.1 Å². The highest BCUT2D eigenvalue weighted by molar-refractivity contribution is 6.35. The first kappa shape index (κ1) is 21.5. The van der Waals surface area contributed by atoms with Crippen molar-refractivity contribution in [3.05, 3.63) is 35.6 Å². The number of hydrogen-bond donors (Lipinski definition) is 1. The number of piperazine rings is 1. The molecule has 3 aliphatic heterocycles. The fourth-order valence-electron chi connectivity index (χ4n) is 4.50. The molecule has 3 heterocycles. The number of benzene rings is 1. The number of halogens is 1. The molecule has 0 aliphatic carbocycles. The second-order valence-electron chi connectivity index (χ2n) is 8.39. The van der Waals surface area contributed by atoms with E-state index < -0.39 is 11.8 Å². The summed E-state index contributed by atoms with van der Waals surface area (Å²) in [6.07, 6.45) is 3.44. The molecule has 0 bridgehead atoms. The third kappa shape index (κ3) is 5.15. The molecule has 1 atom stereocenters. The highest BCUT2D eigenvalue weighted by Gasteiger charge is 2.38. The van der Waals surface area contributed by atoms with Crippen molar-refractivity contribution < 1.29 is 23.5 Å². The fraction of sp³-hybridized carbons (Fsp3) is 0.591. The largest absolute Gasteiger partial charge is 0.376 e. The van der Waals surface area contributed by atoms with E-state index in [2.05, 4.69) is 5.32 Å². The van der Waals surface area contributed by atoms with Crippen molar-refractivity contribution in [2.24, 2.45) is 0 Å². The van der Waals surface area contributed by atoms with Crippen molar-refractivity contribution in [2.75, 3.05) is 39.3 Å². The smallest absolute Gasteiger partial charge is 0.317 e. The standard InChI is InChI=1S/C22H29FN4O4/c23-17-5-3-16(4-6-17)15-26-11-12-27(21(29)20(26)28)18-7-9-25(10-8-18)22(30)24-14-19-2-1-13-31-19/h3-6,18-19H,1-2,7-15H2,(H,24,30)/t19-/m0/s1. The summed E-state index contributed by atoms with van der Waals surface area (Å²) >= 11 is 0. The number of ether oxygens (including phenoxy) is 1. The lowest BCUT2D eigenvalue weighted by atomic mass is 10.0. The Labute approximate surface area is 181 Å². The van der Waals surface area contributed by atoms with Gasteiger partial charge in [0.1, 0.15) is 5.82 Å². The first-order valence-electron chi connectivity index (χ1n) is 11.0. The number of piperidine rings is 1. The summed E-state index contributed by atoms with van der Waals surface area (Å²) in [6.45, 7) is 3.61. The molecule has 3 aliphatic rings.